The molecule has 0 saturated heterocycles. The summed E-state index contributed by atoms with van der Waals surface area (Å²) in [5.74, 6) is 0.560. The van der Waals surface area contributed by atoms with E-state index in [2.05, 4.69) is 27.5 Å². The van der Waals surface area contributed by atoms with E-state index < -0.39 is 0 Å². The van der Waals surface area contributed by atoms with E-state index in [0.29, 0.717) is 25.3 Å². The summed E-state index contributed by atoms with van der Waals surface area (Å²) in [5, 5.41) is 7.44. The average Bonchev–Trinajstić information content (AvgIpc) is 3.64. The van der Waals surface area contributed by atoms with Crippen molar-refractivity contribution in [1.29, 1.82) is 0 Å². The Morgan fingerprint density at radius 3 is 2.36 bits per heavy atom. The Labute approximate surface area is 191 Å². The van der Waals surface area contributed by atoms with Crippen LogP contribution in [0, 0.1) is 0 Å². The maximum Gasteiger partial charge on any atom is 0.346 e. The number of carbonyl (C=O) groups is 1. The fourth-order valence-corrected chi connectivity index (χ4v) is 3.91. The molecule has 0 spiro atoms. The molecule has 7 heteroatoms. The summed E-state index contributed by atoms with van der Waals surface area (Å²) in [5.41, 5.74) is 3.90. The van der Waals surface area contributed by atoms with Crippen molar-refractivity contribution >= 4 is 5.91 Å². The molecule has 1 N–H and O–H groups in total. The topological polar surface area (TPSA) is 81.8 Å². The minimum absolute atomic E-state index is 0.0791. The van der Waals surface area contributed by atoms with Gasteiger partial charge in [0, 0.05) is 30.5 Å². The molecule has 166 valence electrons. The number of aromatic nitrogens is 4. The summed E-state index contributed by atoms with van der Waals surface area (Å²) in [6.07, 6.45) is 5.68. The van der Waals surface area contributed by atoms with Gasteiger partial charge < -0.3 is 5.32 Å². The van der Waals surface area contributed by atoms with Crippen molar-refractivity contribution in [3.05, 3.63) is 95.2 Å². The third kappa shape index (κ3) is 4.77. The van der Waals surface area contributed by atoms with Gasteiger partial charge in [0.25, 0.3) is 0 Å². The van der Waals surface area contributed by atoms with Crippen molar-refractivity contribution in [2.45, 2.75) is 31.8 Å². The number of hydrogen-bond donors (Lipinski definition) is 1. The van der Waals surface area contributed by atoms with Crippen LogP contribution in [0.3, 0.4) is 0 Å². The van der Waals surface area contributed by atoms with Gasteiger partial charge in [0.1, 0.15) is 0 Å². The van der Waals surface area contributed by atoms with Crippen molar-refractivity contribution in [2.24, 2.45) is 0 Å². The van der Waals surface area contributed by atoms with Crippen molar-refractivity contribution < 1.29 is 4.79 Å². The van der Waals surface area contributed by atoms with Crippen LogP contribution in [0.25, 0.3) is 22.5 Å². The molecule has 5 rings (SSSR count). The normalized spacial score (nSPS) is 13.1. The van der Waals surface area contributed by atoms with E-state index in [0.717, 1.165) is 35.1 Å². The molecule has 0 bridgehead atoms. The molecule has 1 aliphatic rings. The van der Waals surface area contributed by atoms with Crippen LogP contribution < -0.4 is 11.0 Å². The number of benzene rings is 2. The number of rotatable bonds is 8. The zero-order valence-electron chi connectivity index (χ0n) is 18.2. The molecule has 0 atom stereocenters. The highest BCUT2D eigenvalue weighted by atomic mass is 16.2. The molecule has 1 saturated carbocycles. The molecule has 7 nitrogen and oxygen atoms in total. The van der Waals surface area contributed by atoms with Crippen molar-refractivity contribution in [1.82, 2.24) is 24.6 Å². The molecular formula is C26H25N5O2. The Morgan fingerprint density at radius 2 is 1.67 bits per heavy atom. The van der Waals surface area contributed by atoms with Gasteiger partial charge in [-0.3, -0.25) is 14.3 Å². The second-order valence-electron chi connectivity index (χ2n) is 8.26. The van der Waals surface area contributed by atoms with Crippen LogP contribution in [0.15, 0.2) is 83.9 Å². The molecule has 0 radical (unpaired) electrons. The Bertz CT molecular complexity index is 1290. The first kappa shape index (κ1) is 20.9. The quantitative estimate of drug-likeness (QED) is 0.456. The highest BCUT2D eigenvalue weighted by Gasteiger charge is 2.30. The minimum atomic E-state index is -0.137. The first-order valence-corrected chi connectivity index (χ1v) is 11.2. The molecule has 1 amide bonds. The SMILES string of the molecule is O=C(Cc1ccc(-c2ccccc2)cc1)NCCn1nc(-c2cccnc2)n(C2CC2)c1=O. The Morgan fingerprint density at radius 1 is 0.939 bits per heavy atom. The van der Waals surface area contributed by atoms with Gasteiger partial charge in [-0.15, -0.1) is 5.10 Å². The van der Waals surface area contributed by atoms with Gasteiger partial charge in [0.05, 0.1) is 13.0 Å². The molecule has 2 aromatic heterocycles. The lowest BCUT2D eigenvalue weighted by Gasteiger charge is -2.06. The third-order valence-corrected chi connectivity index (χ3v) is 5.77. The molecule has 33 heavy (non-hydrogen) atoms. The van der Waals surface area contributed by atoms with Crippen molar-refractivity contribution in [3.8, 4) is 22.5 Å². The highest BCUT2D eigenvalue weighted by Crippen LogP contribution is 2.36. The lowest BCUT2D eigenvalue weighted by atomic mass is 10.0. The van der Waals surface area contributed by atoms with Crippen molar-refractivity contribution in [2.75, 3.05) is 6.54 Å². The lowest BCUT2D eigenvalue weighted by molar-refractivity contribution is -0.120. The largest absolute Gasteiger partial charge is 0.354 e. The molecule has 2 aromatic carbocycles. The highest BCUT2D eigenvalue weighted by molar-refractivity contribution is 5.78. The predicted molar refractivity (Wildman–Crippen MR) is 127 cm³/mol. The van der Waals surface area contributed by atoms with Crippen LogP contribution in [0.5, 0.6) is 0 Å². The number of nitrogens with one attached hydrogen (secondary N) is 1. The van der Waals surface area contributed by atoms with E-state index in [1.165, 1.54) is 4.68 Å². The Kier molecular flexibility index (Phi) is 5.85. The summed E-state index contributed by atoms with van der Waals surface area (Å²) < 4.78 is 3.20. The monoisotopic (exact) mass is 439 g/mol. The number of amides is 1. The van der Waals surface area contributed by atoms with E-state index >= 15 is 0 Å². The lowest BCUT2D eigenvalue weighted by Crippen LogP contribution is -2.32. The molecule has 1 aliphatic carbocycles. The fraction of sp³-hybridized carbons (Fsp3) is 0.231. The molecule has 0 unspecified atom stereocenters. The summed E-state index contributed by atoms with van der Waals surface area (Å²) in [7, 11) is 0. The van der Waals surface area contributed by atoms with E-state index in [9.17, 15) is 9.59 Å². The van der Waals surface area contributed by atoms with Gasteiger partial charge >= 0.3 is 5.69 Å². The summed E-state index contributed by atoms with van der Waals surface area (Å²) >= 11 is 0. The minimum Gasteiger partial charge on any atom is -0.354 e. The van der Waals surface area contributed by atoms with Crippen LogP contribution >= 0.6 is 0 Å². The second kappa shape index (κ2) is 9.24. The molecular weight excluding hydrogens is 414 g/mol. The maximum absolute atomic E-state index is 12.9. The summed E-state index contributed by atoms with van der Waals surface area (Å²) in [6.45, 7) is 0.666. The van der Waals surface area contributed by atoms with Gasteiger partial charge in [-0.2, -0.15) is 0 Å². The van der Waals surface area contributed by atoms with Gasteiger partial charge in [-0.25, -0.2) is 9.48 Å². The smallest absolute Gasteiger partial charge is 0.346 e. The molecule has 4 aromatic rings. The first-order valence-electron chi connectivity index (χ1n) is 11.2. The number of hydrogen-bond acceptors (Lipinski definition) is 4. The standard InChI is InChI=1S/C26H25N5O2/c32-24(17-19-8-10-21(11-9-19)20-5-2-1-3-6-20)28-15-16-30-26(33)31(23-12-13-23)25(29-30)22-7-4-14-27-18-22/h1-11,14,18,23H,12-13,15-17H2,(H,28,32). The number of carbonyl (C=O) groups excluding carboxylic acids is 1. The molecule has 2 heterocycles. The number of nitrogens with zero attached hydrogens (tertiary/aromatic N) is 4. The fourth-order valence-electron chi connectivity index (χ4n) is 3.91. The van der Waals surface area contributed by atoms with E-state index in [-0.39, 0.29) is 17.6 Å². The zero-order chi connectivity index (χ0) is 22.6. The van der Waals surface area contributed by atoms with Crippen LogP contribution in [-0.4, -0.2) is 31.8 Å². The Hall–Kier alpha value is -4.00. The van der Waals surface area contributed by atoms with Crippen LogP contribution in [0.2, 0.25) is 0 Å². The summed E-state index contributed by atoms with van der Waals surface area (Å²) in [4.78, 5) is 29.5. The van der Waals surface area contributed by atoms with E-state index in [1.807, 2.05) is 54.6 Å². The summed E-state index contributed by atoms with van der Waals surface area (Å²) in [6, 6.07) is 22.1. The zero-order valence-corrected chi connectivity index (χ0v) is 18.2. The number of pyridine rings is 1. The van der Waals surface area contributed by atoms with E-state index in [4.69, 9.17) is 0 Å². The molecule has 0 aliphatic heterocycles. The maximum atomic E-state index is 12.9. The first-order chi connectivity index (χ1) is 16.2. The van der Waals surface area contributed by atoms with Gasteiger partial charge in [-0.1, -0.05) is 54.6 Å². The average molecular weight is 440 g/mol. The van der Waals surface area contributed by atoms with E-state index in [1.54, 1.807) is 17.0 Å². The van der Waals surface area contributed by atoms with Crippen LogP contribution in [0.1, 0.15) is 24.4 Å². The Balaban J connectivity index is 1.20. The van der Waals surface area contributed by atoms with Crippen LogP contribution in [-0.2, 0) is 17.8 Å². The predicted octanol–water partition coefficient (Wildman–Crippen LogP) is 3.47. The van der Waals surface area contributed by atoms with Crippen LogP contribution in [0.4, 0.5) is 0 Å². The van der Waals surface area contributed by atoms with Gasteiger partial charge in [0.15, 0.2) is 5.82 Å². The van der Waals surface area contributed by atoms with Gasteiger partial charge in [-0.05, 0) is 41.7 Å². The van der Waals surface area contributed by atoms with Crippen molar-refractivity contribution in [3.63, 3.8) is 0 Å². The van der Waals surface area contributed by atoms with Gasteiger partial charge in [0.2, 0.25) is 5.91 Å². The third-order valence-electron chi connectivity index (χ3n) is 5.77. The molecule has 1 fully saturated rings. The second-order valence-corrected chi connectivity index (χ2v) is 8.26.